The number of fused-ring (bicyclic) bond motifs is 2. The van der Waals surface area contributed by atoms with E-state index in [0.717, 1.165) is 0 Å². The summed E-state index contributed by atoms with van der Waals surface area (Å²) in [6.07, 6.45) is 0. The van der Waals surface area contributed by atoms with Crippen LogP contribution in [0, 0.1) is 13.8 Å². The van der Waals surface area contributed by atoms with Crippen molar-refractivity contribution in [1.82, 2.24) is 10.6 Å². The summed E-state index contributed by atoms with van der Waals surface area (Å²) in [5.41, 5.74) is 2.41. The number of aryl methyl sites for hydroxylation is 2. The Morgan fingerprint density at radius 2 is 0.907 bits per heavy atom. The average Bonchev–Trinajstić information content (AvgIpc) is 3.09. The Hall–Kier alpha value is -6.53. The molecule has 0 bridgehead atoms. The molecular weight excluding hydrogens is 741 g/mol. The fraction of sp³-hybridized carbons (Fsp3) is 0.0541. The number of phenolic OH excluding ortho intramolecular Hbond substituents is 2. The van der Waals surface area contributed by atoms with Gasteiger partial charge in [0.05, 0.1) is 11.4 Å². The third kappa shape index (κ3) is 7.50. The highest BCUT2D eigenvalue weighted by Gasteiger charge is 2.20. The van der Waals surface area contributed by atoms with Crippen LogP contribution >= 0.6 is 0 Å². The normalized spacial score (nSPS) is 11.6. The smallest absolute Gasteiger partial charge is 0.328 e. The van der Waals surface area contributed by atoms with Crippen LogP contribution in [0.15, 0.2) is 107 Å². The SMILES string of the molecule is Cc1cc(Nc2ccc3c(S(=O)(=O)O)cccc3c2O)ccc1C(=O)NC(=O)NC(=O)c1ccc(Nc2ccc3c(S(=O)(=O)O)cccc3c2O)cc1C. The summed E-state index contributed by atoms with van der Waals surface area (Å²) in [7, 11) is -9.07. The van der Waals surface area contributed by atoms with Crippen LogP contribution in [0.1, 0.15) is 31.8 Å². The van der Waals surface area contributed by atoms with E-state index in [0.29, 0.717) is 22.5 Å². The Bertz CT molecular complexity index is 2600. The monoisotopic (exact) mass is 770 g/mol. The number of aromatic hydroxyl groups is 2. The van der Waals surface area contributed by atoms with Crippen molar-refractivity contribution in [2.45, 2.75) is 23.6 Å². The molecule has 276 valence electrons. The zero-order valence-electron chi connectivity index (χ0n) is 28.2. The van der Waals surface area contributed by atoms with Gasteiger partial charge in [-0.25, -0.2) is 4.79 Å². The third-order valence-electron chi connectivity index (χ3n) is 8.50. The second-order valence-corrected chi connectivity index (χ2v) is 14.9. The number of imide groups is 2. The summed E-state index contributed by atoms with van der Waals surface area (Å²) in [5.74, 6) is -2.15. The molecule has 4 amide bonds. The van der Waals surface area contributed by atoms with E-state index in [1.54, 1.807) is 26.0 Å². The lowest BCUT2D eigenvalue weighted by Gasteiger charge is -2.14. The van der Waals surface area contributed by atoms with Crippen molar-refractivity contribution in [1.29, 1.82) is 0 Å². The van der Waals surface area contributed by atoms with Crippen LogP contribution in [0.4, 0.5) is 27.5 Å². The van der Waals surface area contributed by atoms with E-state index in [2.05, 4.69) is 21.3 Å². The second kappa shape index (κ2) is 14.1. The fourth-order valence-corrected chi connectivity index (χ4v) is 7.37. The number of carbonyl (C=O) groups is 3. The van der Waals surface area contributed by atoms with E-state index in [1.807, 2.05) is 0 Å². The van der Waals surface area contributed by atoms with Crippen molar-refractivity contribution in [2.24, 2.45) is 0 Å². The van der Waals surface area contributed by atoms with Crippen LogP contribution in [0.2, 0.25) is 0 Å². The number of hydrogen-bond donors (Lipinski definition) is 8. The first-order valence-electron chi connectivity index (χ1n) is 15.8. The molecule has 0 unspecified atom stereocenters. The van der Waals surface area contributed by atoms with Crippen molar-refractivity contribution in [2.75, 3.05) is 10.6 Å². The molecule has 6 rings (SSSR count). The summed E-state index contributed by atoms with van der Waals surface area (Å²) in [6.45, 7) is 3.21. The van der Waals surface area contributed by atoms with Gasteiger partial charge >= 0.3 is 6.03 Å². The van der Waals surface area contributed by atoms with Gasteiger partial charge in [-0.15, -0.1) is 0 Å². The van der Waals surface area contributed by atoms with Crippen LogP contribution in [-0.2, 0) is 20.2 Å². The van der Waals surface area contributed by atoms with Gasteiger partial charge in [-0.1, -0.05) is 36.4 Å². The minimum atomic E-state index is -4.53. The maximum Gasteiger partial charge on any atom is 0.328 e. The van der Waals surface area contributed by atoms with Crippen molar-refractivity contribution >= 4 is 82.4 Å². The molecule has 0 saturated heterocycles. The number of hydrogen-bond acceptors (Lipinski definition) is 11. The molecule has 8 N–H and O–H groups in total. The average molecular weight is 771 g/mol. The molecule has 6 aromatic carbocycles. The third-order valence-corrected chi connectivity index (χ3v) is 10.3. The van der Waals surface area contributed by atoms with Gasteiger partial charge < -0.3 is 20.8 Å². The summed E-state index contributed by atoms with van der Waals surface area (Å²) in [4.78, 5) is 37.9. The number of phenols is 2. The van der Waals surface area contributed by atoms with Gasteiger partial charge in [0.25, 0.3) is 32.1 Å². The first-order chi connectivity index (χ1) is 25.4. The predicted molar refractivity (Wildman–Crippen MR) is 200 cm³/mol. The molecule has 0 atom stereocenters. The van der Waals surface area contributed by atoms with E-state index < -0.39 is 38.1 Å². The Kier molecular flexibility index (Phi) is 9.74. The lowest BCUT2D eigenvalue weighted by atomic mass is 10.1. The lowest BCUT2D eigenvalue weighted by Crippen LogP contribution is -2.42. The van der Waals surface area contributed by atoms with Gasteiger partial charge in [0, 0.05) is 44.0 Å². The van der Waals surface area contributed by atoms with E-state index in [1.165, 1.54) is 84.9 Å². The largest absolute Gasteiger partial charge is 0.505 e. The van der Waals surface area contributed by atoms with E-state index in [4.69, 9.17) is 0 Å². The zero-order chi connectivity index (χ0) is 39.1. The molecule has 54 heavy (non-hydrogen) atoms. The van der Waals surface area contributed by atoms with Gasteiger partial charge in [0.2, 0.25) is 0 Å². The first kappa shape index (κ1) is 37.2. The van der Waals surface area contributed by atoms with Crippen LogP contribution in [0.3, 0.4) is 0 Å². The quantitative estimate of drug-likeness (QED) is 0.0628. The van der Waals surface area contributed by atoms with Crippen LogP contribution in [0.25, 0.3) is 21.5 Å². The summed E-state index contributed by atoms with van der Waals surface area (Å²) in [5, 5.41) is 32.4. The van der Waals surface area contributed by atoms with Crippen LogP contribution in [-0.4, -0.2) is 54.0 Å². The number of anilines is 4. The van der Waals surface area contributed by atoms with Crippen molar-refractivity contribution in [3.8, 4) is 11.5 Å². The van der Waals surface area contributed by atoms with Crippen LogP contribution in [0.5, 0.6) is 11.5 Å². The van der Waals surface area contributed by atoms with Crippen LogP contribution < -0.4 is 21.3 Å². The van der Waals surface area contributed by atoms with Crippen molar-refractivity contribution < 1.29 is 50.5 Å². The molecule has 15 nitrogen and oxygen atoms in total. The van der Waals surface area contributed by atoms with Gasteiger partial charge in [-0.2, -0.15) is 16.8 Å². The molecular formula is C37H30N4O11S2. The summed E-state index contributed by atoms with van der Waals surface area (Å²) < 4.78 is 66.0. The van der Waals surface area contributed by atoms with Crippen molar-refractivity contribution in [3.05, 3.63) is 119 Å². The molecule has 0 aliphatic heterocycles. The lowest BCUT2D eigenvalue weighted by molar-refractivity contribution is 0.0944. The summed E-state index contributed by atoms with van der Waals surface area (Å²) in [6, 6.07) is 21.8. The van der Waals surface area contributed by atoms with E-state index in [9.17, 15) is 50.5 Å². The molecule has 6 aromatic rings. The molecule has 0 fully saturated rings. The maximum atomic E-state index is 13.0. The standard InChI is InChI=1S/C37H30N4O11S2/c1-19-17-21(38-29-15-13-25-27(33(29)42)5-3-7-31(25)53(47,48)49)9-11-23(19)35(44)40-37(46)41-36(45)24-12-10-22(18-20(24)2)39-30-16-14-26-28(34(30)43)6-4-8-32(26)54(50,51)52/h3-18,38-39,42-43H,1-2H3,(H,47,48,49)(H,50,51,52)(H2,40,41,44,45,46). The maximum absolute atomic E-state index is 13.0. The zero-order valence-corrected chi connectivity index (χ0v) is 29.8. The highest BCUT2D eigenvalue weighted by Crippen LogP contribution is 2.38. The number of carbonyl (C=O) groups excluding carboxylic acids is 3. The highest BCUT2D eigenvalue weighted by molar-refractivity contribution is 7.86. The molecule has 0 aliphatic rings. The second-order valence-electron chi connectivity index (χ2n) is 12.1. The van der Waals surface area contributed by atoms with E-state index in [-0.39, 0.29) is 65.3 Å². The topological polar surface area (TPSA) is 249 Å². The Morgan fingerprint density at radius 3 is 1.26 bits per heavy atom. The number of urea groups is 1. The Labute approximate surface area is 307 Å². The molecule has 0 spiro atoms. The molecule has 0 saturated carbocycles. The first-order valence-corrected chi connectivity index (χ1v) is 18.7. The molecule has 0 aliphatic carbocycles. The minimum Gasteiger partial charge on any atom is -0.505 e. The fourth-order valence-electron chi connectivity index (χ4n) is 5.95. The number of benzene rings is 6. The Morgan fingerprint density at radius 1 is 0.519 bits per heavy atom. The van der Waals surface area contributed by atoms with Crippen molar-refractivity contribution in [3.63, 3.8) is 0 Å². The highest BCUT2D eigenvalue weighted by atomic mass is 32.2. The summed E-state index contributed by atoms with van der Waals surface area (Å²) >= 11 is 0. The number of nitrogens with one attached hydrogen (secondary N) is 4. The van der Waals surface area contributed by atoms with E-state index >= 15 is 0 Å². The number of amides is 4. The van der Waals surface area contributed by atoms with Gasteiger partial charge in [0.15, 0.2) is 0 Å². The molecule has 0 radical (unpaired) electrons. The Balaban J connectivity index is 1.10. The van der Waals surface area contributed by atoms with Gasteiger partial charge in [0.1, 0.15) is 21.3 Å². The molecule has 0 aromatic heterocycles. The molecule has 17 heteroatoms. The van der Waals surface area contributed by atoms with Gasteiger partial charge in [-0.05, 0) is 85.6 Å². The van der Waals surface area contributed by atoms with Gasteiger partial charge in [-0.3, -0.25) is 29.3 Å². The minimum absolute atomic E-state index is 0.112. The predicted octanol–water partition coefficient (Wildman–Crippen LogP) is 6.28. The number of rotatable bonds is 8. The molecule has 0 heterocycles.